The minimum absolute atomic E-state index is 0.234. The molecule has 25 heavy (non-hydrogen) atoms. The van der Waals surface area contributed by atoms with Crippen molar-refractivity contribution in [3.63, 3.8) is 0 Å². The zero-order valence-electron chi connectivity index (χ0n) is 14.6. The lowest BCUT2D eigenvalue weighted by Crippen LogP contribution is -2.39. The Bertz CT molecular complexity index is 745. The fourth-order valence-corrected chi connectivity index (χ4v) is 3.10. The molecular weight excluding hydrogens is 318 g/mol. The van der Waals surface area contributed by atoms with Crippen molar-refractivity contribution in [3.05, 3.63) is 47.2 Å². The number of carbonyl (C=O) groups excluding carboxylic acids is 1. The zero-order chi connectivity index (χ0) is 17.8. The van der Waals surface area contributed by atoms with Crippen LogP contribution >= 0.6 is 0 Å². The van der Waals surface area contributed by atoms with E-state index in [1.807, 2.05) is 19.1 Å². The van der Waals surface area contributed by atoms with Crippen LogP contribution in [0.5, 0.6) is 0 Å². The maximum absolute atomic E-state index is 12.4. The van der Waals surface area contributed by atoms with Crippen LogP contribution in [-0.2, 0) is 6.54 Å². The number of amides is 1. The van der Waals surface area contributed by atoms with Crippen molar-refractivity contribution in [3.8, 4) is 0 Å². The molecule has 0 aliphatic carbocycles. The van der Waals surface area contributed by atoms with Crippen molar-refractivity contribution in [2.45, 2.75) is 39.3 Å². The summed E-state index contributed by atoms with van der Waals surface area (Å²) in [6.45, 7) is 5.40. The molecule has 2 N–H and O–H groups in total. The van der Waals surface area contributed by atoms with Crippen molar-refractivity contribution < 1.29 is 9.90 Å². The van der Waals surface area contributed by atoms with E-state index in [1.54, 1.807) is 19.2 Å². The van der Waals surface area contributed by atoms with E-state index in [4.69, 9.17) is 0 Å². The number of hydrogen-bond donors (Lipinski definition) is 2. The summed E-state index contributed by atoms with van der Waals surface area (Å²) in [6.07, 6.45) is 3.16. The molecule has 3 heterocycles. The summed E-state index contributed by atoms with van der Waals surface area (Å²) in [4.78, 5) is 27.3. The lowest BCUT2D eigenvalue weighted by Gasteiger charge is -2.32. The van der Waals surface area contributed by atoms with Gasteiger partial charge in [-0.3, -0.25) is 4.79 Å². The Kier molecular flexibility index (Phi) is 5.23. The SMILES string of the molecule is Cc1cc(C(=O)NCc2cccnc2N2CCCC(O)C2)nc(C)n1. The van der Waals surface area contributed by atoms with Gasteiger partial charge in [0.15, 0.2) is 0 Å². The number of β-amino-alcohol motifs (C(OH)–C–C–N with tert-alkyl or cyclic N) is 1. The van der Waals surface area contributed by atoms with Crippen LogP contribution in [0, 0.1) is 13.8 Å². The number of piperidine rings is 1. The normalized spacial score (nSPS) is 17.4. The van der Waals surface area contributed by atoms with Gasteiger partial charge in [0.05, 0.1) is 6.10 Å². The lowest BCUT2D eigenvalue weighted by atomic mass is 10.1. The molecule has 1 saturated heterocycles. The van der Waals surface area contributed by atoms with Crippen LogP contribution in [0.2, 0.25) is 0 Å². The van der Waals surface area contributed by atoms with E-state index < -0.39 is 0 Å². The predicted molar refractivity (Wildman–Crippen MR) is 94.4 cm³/mol. The highest BCUT2D eigenvalue weighted by molar-refractivity contribution is 5.92. The van der Waals surface area contributed by atoms with Gasteiger partial charge in [0.1, 0.15) is 17.3 Å². The number of carbonyl (C=O) groups is 1. The lowest BCUT2D eigenvalue weighted by molar-refractivity contribution is 0.0945. The summed E-state index contributed by atoms with van der Waals surface area (Å²) >= 11 is 0. The minimum atomic E-state index is -0.329. The number of nitrogens with zero attached hydrogens (tertiary/aromatic N) is 4. The predicted octanol–water partition coefficient (Wildman–Crippen LogP) is 1.38. The largest absolute Gasteiger partial charge is 0.391 e. The maximum Gasteiger partial charge on any atom is 0.270 e. The molecule has 1 atom stereocenters. The average molecular weight is 341 g/mol. The fourth-order valence-electron chi connectivity index (χ4n) is 3.10. The first-order chi connectivity index (χ1) is 12.0. The Labute approximate surface area is 147 Å². The molecule has 2 aromatic rings. The van der Waals surface area contributed by atoms with E-state index in [0.29, 0.717) is 24.6 Å². The van der Waals surface area contributed by atoms with Crippen molar-refractivity contribution in [1.82, 2.24) is 20.3 Å². The molecule has 1 aliphatic heterocycles. The van der Waals surface area contributed by atoms with Gasteiger partial charge < -0.3 is 15.3 Å². The van der Waals surface area contributed by atoms with Gasteiger partial charge in [-0.1, -0.05) is 6.07 Å². The second-order valence-electron chi connectivity index (χ2n) is 6.35. The third-order valence-corrected chi connectivity index (χ3v) is 4.20. The van der Waals surface area contributed by atoms with Crippen LogP contribution in [-0.4, -0.2) is 45.2 Å². The standard InChI is InChI=1S/C18H23N5O2/c1-12-9-16(22-13(2)21-12)18(25)20-10-14-5-3-7-19-17(14)23-8-4-6-15(24)11-23/h3,5,7,9,15,24H,4,6,8,10-11H2,1-2H3,(H,20,25). The topological polar surface area (TPSA) is 91.2 Å². The number of rotatable bonds is 4. The summed E-state index contributed by atoms with van der Waals surface area (Å²) in [5.74, 6) is 1.16. The van der Waals surface area contributed by atoms with Crippen LogP contribution in [0.3, 0.4) is 0 Å². The molecule has 1 fully saturated rings. The molecule has 0 aromatic carbocycles. The molecule has 1 amide bonds. The van der Waals surface area contributed by atoms with Crippen molar-refractivity contribution in [2.24, 2.45) is 0 Å². The molecule has 0 bridgehead atoms. The first-order valence-corrected chi connectivity index (χ1v) is 8.50. The van der Waals surface area contributed by atoms with Gasteiger partial charge >= 0.3 is 0 Å². The first-order valence-electron chi connectivity index (χ1n) is 8.50. The van der Waals surface area contributed by atoms with Crippen LogP contribution < -0.4 is 10.2 Å². The molecule has 0 spiro atoms. The summed E-state index contributed by atoms with van der Waals surface area (Å²) < 4.78 is 0. The Morgan fingerprint density at radius 2 is 2.24 bits per heavy atom. The van der Waals surface area contributed by atoms with Gasteiger partial charge in [-0.05, 0) is 38.8 Å². The second kappa shape index (κ2) is 7.57. The van der Waals surface area contributed by atoms with Crippen LogP contribution in [0.1, 0.15) is 40.4 Å². The van der Waals surface area contributed by atoms with Crippen molar-refractivity contribution in [2.75, 3.05) is 18.0 Å². The Hall–Kier alpha value is -2.54. The minimum Gasteiger partial charge on any atom is -0.391 e. The van der Waals surface area contributed by atoms with E-state index in [-0.39, 0.29) is 12.0 Å². The molecule has 1 unspecified atom stereocenters. The Balaban J connectivity index is 1.72. The van der Waals surface area contributed by atoms with E-state index >= 15 is 0 Å². The zero-order valence-corrected chi connectivity index (χ0v) is 14.6. The number of aliphatic hydroxyl groups excluding tert-OH is 1. The van der Waals surface area contributed by atoms with Gasteiger partial charge in [0.2, 0.25) is 0 Å². The number of pyridine rings is 1. The molecule has 2 aromatic heterocycles. The van der Waals surface area contributed by atoms with E-state index in [0.717, 1.165) is 36.5 Å². The molecule has 7 nitrogen and oxygen atoms in total. The first kappa shape index (κ1) is 17.3. The third kappa shape index (κ3) is 4.30. The van der Waals surface area contributed by atoms with Gasteiger partial charge in [-0.25, -0.2) is 15.0 Å². The van der Waals surface area contributed by atoms with Crippen LogP contribution in [0.4, 0.5) is 5.82 Å². The molecule has 3 rings (SSSR count). The van der Waals surface area contributed by atoms with E-state index in [9.17, 15) is 9.90 Å². The summed E-state index contributed by atoms with van der Waals surface area (Å²) in [5.41, 5.74) is 2.05. The monoisotopic (exact) mass is 341 g/mol. The molecule has 1 aliphatic rings. The molecular formula is C18H23N5O2. The summed E-state index contributed by atoms with van der Waals surface area (Å²) in [7, 11) is 0. The Morgan fingerprint density at radius 1 is 1.40 bits per heavy atom. The average Bonchev–Trinajstić information content (AvgIpc) is 2.59. The molecule has 0 radical (unpaired) electrons. The van der Waals surface area contributed by atoms with Gasteiger partial charge in [-0.15, -0.1) is 0 Å². The summed E-state index contributed by atoms with van der Waals surface area (Å²) in [6, 6.07) is 5.47. The third-order valence-electron chi connectivity index (χ3n) is 4.20. The molecule has 7 heteroatoms. The number of hydrogen-bond acceptors (Lipinski definition) is 6. The van der Waals surface area contributed by atoms with Gasteiger partial charge in [0.25, 0.3) is 5.91 Å². The fraction of sp³-hybridized carbons (Fsp3) is 0.444. The molecule has 132 valence electrons. The smallest absolute Gasteiger partial charge is 0.270 e. The van der Waals surface area contributed by atoms with E-state index in [1.165, 1.54) is 0 Å². The van der Waals surface area contributed by atoms with Gasteiger partial charge in [-0.2, -0.15) is 0 Å². The Morgan fingerprint density at radius 3 is 3.00 bits per heavy atom. The molecule has 0 saturated carbocycles. The highest BCUT2D eigenvalue weighted by Gasteiger charge is 2.21. The van der Waals surface area contributed by atoms with E-state index in [2.05, 4.69) is 25.2 Å². The number of anilines is 1. The quantitative estimate of drug-likeness (QED) is 0.873. The van der Waals surface area contributed by atoms with Crippen LogP contribution in [0.15, 0.2) is 24.4 Å². The van der Waals surface area contributed by atoms with Crippen molar-refractivity contribution in [1.29, 1.82) is 0 Å². The van der Waals surface area contributed by atoms with Crippen molar-refractivity contribution >= 4 is 11.7 Å². The number of aliphatic hydroxyl groups is 1. The van der Waals surface area contributed by atoms with Gasteiger partial charge in [0, 0.05) is 37.1 Å². The maximum atomic E-state index is 12.4. The number of nitrogens with one attached hydrogen (secondary N) is 1. The second-order valence-corrected chi connectivity index (χ2v) is 6.35. The van der Waals surface area contributed by atoms with Crippen LogP contribution in [0.25, 0.3) is 0 Å². The summed E-state index contributed by atoms with van der Waals surface area (Å²) in [5, 5.41) is 12.8. The highest BCUT2D eigenvalue weighted by atomic mass is 16.3. The number of aryl methyl sites for hydroxylation is 2. The number of aromatic nitrogens is 3. The highest BCUT2D eigenvalue weighted by Crippen LogP contribution is 2.21.